The zero-order valence-corrected chi connectivity index (χ0v) is 12.6. The minimum atomic E-state index is -0.177. The normalized spacial score (nSPS) is 12.6. The van der Waals surface area contributed by atoms with Gasteiger partial charge in [0.15, 0.2) is 4.67 Å². The van der Waals surface area contributed by atoms with E-state index in [1.165, 1.54) is 6.07 Å². The zero-order chi connectivity index (χ0) is 13.8. The van der Waals surface area contributed by atoms with Crippen LogP contribution in [0.1, 0.15) is 36.1 Å². The van der Waals surface area contributed by atoms with Gasteiger partial charge >= 0.3 is 0 Å². The molecule has 102 valence electrons. The quantitative estimate of drug-likeness (QED) is 0.870. The van der Waals surface area contributed by atoms with Gasteiger partial charge in [0, 0.05) is 5.56 Å². The number of hydrogen-bond acceptors (Lipinski definition) is 2. The van der Waals surface area contributed by atoms with Gasteiger partial charge in [-0.25, -0.2) is 4.39 Å². The number of rotatable bonds is 5. The Morgan fingerprint density at radius 1 is 1.37 bits per heavy atom. The van der Waals surface area contributed by atoms with E-state index in [1.54, 1.807) is 13.2 Å². The van der Waals surface area contributed by atoms with Gasteiger partial charge in [0.1, 0.15) is 5.82 Å². The van der Waals surface area contributed by atoms with Gasteiger partial charge in [-0.1, -0.05) is 19.1 Å². The van der Waals surface area contributed by atoms with Crippen molar-refractivity contribution >= 4 is 15.9 Å². The highest BCUT2D eigenvalue weighted by molar-refractivity contribution is 9.10. The molecule has 1 N–H and O–H groups in total. The van der Waals surface area contributed by atoms with E-state index in [4.69, 9.17) is 4.42 Å². The molecule has 1 atom stereocenters. The zero-order valence-electron chi connectivity index (χ0n) is 11.0. The van der Waals surface area contributed by atoms with E-state index in [0.29, 0.717) is 10.2 Å². The Kier molecular flexibility index (Phi) is 4.77. The van der Waals surface area contributed by atoms with Crippen molar-refractivity contribution in [3.05, 3.63) is 57.7 Å². The van der Waals surface area contributed by atoms with E-state index in [1.807, 2.05) is 18.2 Å². The molecule has 0 amide bonds. The number of benzene rings is 1. The molecule has 0 aliphatic heterocycles. The van der Waals surface area contributed by atoms with Crippen molar-refractivity contribution in [3.63, 3.8) is 0 Å². The molecule has 0 aliphatic rings. The van der Waals surface area contributed by atoms with Crippen LogP contribution in [-0.4, -0.2) is 6.54 Å². The van der Waals surface area contributed by atoms with Crippen molar-refractivity contribution in [1.82, 2.24) is 5.32 Å². The molecule has 0 aliphatic carbocycles. The van der Waals surface area contributed by atoms with Crippen LogP contribution in [0.25, 0.3) is 0 Å². The summed E-state index contributed by atoms with van der Waals surface area (Å²) in [5.74, 6) is -0.177. The Labute approximate surface area is 121 Å². The first-order valence-corrected chi connectivity index (χ1v) is 7.15. The number of furan rings is 1. The molecule has 0 radical (unpaired) electrons. The minimum absolute atomic E-state index is 0.00683. The van der Waals surface area contributed by atoms with E-state index in [9.17, 15) is 4.39 Å². The first kappa shape index (κ1) is 14.3. The van der Waals surface area contributed by atoms with Crippen LogP contribution in [0.15, 0.2) is 39.6 Å². The molecule has 1 unspecified atom stereocenters. The second-order valence-electron chi connectivity index (χ2n) is 4.55. The van der Waals surface area contributed by atoms with Crippen molar-refractivity contribution in [2.75, 3.05) is 6.54 Å². The third-order valence-corrected chi connectivity index (χ3v) is 3.72. The molecular weight excluding hydrogens is 309 g/mol. The lowest BCUT2D eigenvalue weighted by atomic mass is 9.99. The SMILES string of the molecule is CCCNC(c1ccc(F)c(C)c1)c1ccoc1Br. The Morgan fingerprint density at radius 3 is 2.74 bits per heavy atom. The Balaban J connectivity index is 2.37. The maximum atomic E-state index is 13.4. The molecule has 19 heavy (non-hydrogen) atoms. The fourth-order valence-corrected chi connectivity index (χ4v) is 2.52. The van der Waals surface area contributed by atoms with Crippen LogP contribution in [-0.2, 0) is 0 Å². The summed E-state index contributed by atoms with van der Waals surface area (Å²) in [6.07, 6.45) is 2.68. The molecule has 0 spiro atoms. The molecule has 0 saturated carbocycles. The highest BCUT2D eigenvalue weighted by Gasteiger charge is 2.18. The molecule has 2 rings (SSSR count). The number of hydrogen-bond donors (Lipinski definition) is 1. The Bertz CT molecular complexity index is 553. The molecule has 0 bridgehead atoms. The van der Waals surface area contributed by atoms with Gasteiger partial charge in [-0.2, -0.15) is 0 Å². The number of aryl methyl sites for hydroxylation is 1. The summed E-state index contributed by atoms with van der Waals surface area (Å²) in [5, 5.41) is 3.46. The average Bonchev–Trinajstić information content (AvgIpc) is 2.80. The van der Waals surface area contributed by atoms with Crippen LogP contribution in [0, 0.1) is 12.7 Å². The summed E-state index contributed by atoms with van der Waals surface area (Å²) in [7, 11) is 0. The van der Waals surface area contributed by atoms with Crippen molar-refractivity contribution in [2.24, 2.45) is 0 Å². The standard InChI is InChI=1S/C15H17BrFNO/c1-3-7-18-14(12-6-8-19-15(12)16)11-4-5-13(17)10(2)9-11/h4-6,8-9,14,18H,3,7H2,1-2H3. The second kappa shape index (κ2) is 6.35. The fourth-order valence-electron chi connectivity index (χ4n) is 2.05. The van der Waals surface area contributed by atoms with Crippen LogP contribution in [0.2, 0.25) is 0 Å². The van der Waals surface area contributed by atoms with Crippen molar-refractivity contribution in [1.29, 1.82) is 0 Å². The topological polar surface area (TPSA) is 25.2 Å². The highest BCUT2D eigenvalue weighted by atomic mass is 79.9. The third kappa shape index (κ3) is 3.25. The molecule has 1 aromatic heterocycles. The van der Waals surface area contributed by atoms with E-state index in [0.717, 1.165) is 24.1 Å². The van der Waals surface area contributed by atoms with Crippen LogP contribution < -0.4 is 5.32 Å². The molecule has 2 nitrogen and oxygen atoms in total. The smallest absolute Gasteiger partial charge is 0.174 e. The first-order chi connectivity index (χ1) is 9.13. The van der Waals surface area contributed by atoms with Gasteiger partial charge in [-0.3, -0.25) is 0 Å². The average molecular weight is 326 g/mol. The number of nitrogens with one attached hydrogen (secondary N) is 1. The fraction of sp³-hybridized carbons (Fsp3) is 0.333. The lowest BCUT2D eigenvalue weighted by molar-refractivity contribution is 0.523. The van der Waals surface area contributed by atoms with Gasteiger partial charge in [0.05, 0.1) is 12.3 Å². The molecule has 2 aromatic rings. The van der Waals surface area contributed by atoms with Crippen LogP contribution in [0.5, 0.6) is 0 Å². The molecule has 0 fully saturated rings. The van der Waals surface area contributed by atoms with Crippen molar-refractivity contribution in [3.8, 4) is 0 Å². The summed E-state index contributed by atoms with van der Waals surface area (Å²) >= 11 is 3.41. The molecular formula is C15H17BrFNO. The van der Waals surface area contributed by atoms with Gasteiger partial charge in [0.2, 0.25) is 0 Å². The van der Waals surface area contributed by atoms with Gasteiger partial charge in [0.25, 0.3) is 0 Å². The summed E-state index contributed by atoms with van der Waals surface area (Å²) in [6, 6.07) is 7.14. The predicted molar refractivity (Wildman–Crippen MR) is 77.7 cm³/mol. The maximum absolute atomic E-state index is 13.4. The lowest BCUT2D eigenvalue weighted by Crippen LogP contribution is -2.23. The van der Waals surface area contributed by atoms with Gasteiger partial charge in [-0.15, -0.1) is 0 Å². The van der Waals surface area contributed by atoms with Crippen molar-refractivity contribution < 1.29 is 8.81 Å². The van der Waals surface area contributed by atoms with Crippen LogP contribution >= 0.6 is 15.9 Å². The Hall–Kier alpha value is -1.13. The highest BCUT2D eigenvalue weighted by Crippen LogP contribution is 2.30. The summed E-state index contributed by atoms with van der Waals surface area (Å²) in [6.45, 7) is 4.78. The van der Waals surface area contributed by atoms with Crippen LogP contribution in [0.3, 0.4) is 0 Å². The molecule has 1 heterocycles. The predicted octanol–water partition coefficient (Wildman–Crippen LogP) is 4.58. The van der Waals surface area contributed by atoms with Crippen molar-refractivity contribution in [2.45, 2.75) is 26.3 Å². The maximum Gasteiger partial charge on any atom is 0.174 e. The monoisotopic (exact) mass is 325 g/mol. The minimum Gasteiger partial charge on any atom is -0.457 e. The lowest BCUT2D eigenvalue weighted by Gasteiger charge is -2.19. The van der Waals surface area contributed by atoms with E-state index >= 15 is 0 Å². The summed E-state index contributed by atoms with van der Waals surface area (Å²) < 4.78 is 19.4. The largest absolute Gasteiger partial charge is 0.457 e. The Morgan fingerprint density at radius 2 is 2.16 bits per heavy atom. The summed E-state index contributed by atoms with van der Waals surface area (Å²) in [5.41, 5.74) is 2.72. The van der Waals surface area contributed by atoms with E-state index < -0.39 is 0 Å². The summed E-state index contributed by atoms with van der Waals surface area (Å²) in [4.78, 5) is 0. The second-order valence-corrected chi connectivity index (χ2v) is 5.27. The van der Waals surface area contributed by atoms with Crippen LogP contribution in [0.4, 0.5) is 4.39 Å². The van der Waals surface area contributed by atoms with E-state index in [-0.39, 0.29) is 11.9 Å². The van der Waals surface area contributed by atoms with Gasteiger partial charge in [-0.05, 0) is 59.1 Å². The molecule has 4 heteroatoms. The number of halogens is 2. The molecule has 0 saturated heterocycles. The van der Waals surface area contributed by atoms with E-state index in [2.05, 4.69) is 28.2 Å². The third-order valence-electron chi connectivity index (χ3n) is 3.07. The molecule has 1 aromatic carbocycles. The van der Waals surface area contributed by atoms with Gasteiger partial charge < -0.3 is 9.73 Å². The first-order valence-electron chi connectivity index (χ1n) is 6.35.